The van der Waals surface area contributed by atoms with Crippen molar-refractivity contribution in [1.82, 2.24) is 0 Å². The molecule has 0 aromatic heterocycles. The van der Waals surface area contributed by atoms with Gasteiger partial charge < -0.3 is 5.11 Å². The summed E-state index contributed by atoms with van der Waals surface area (Å²) in [7, 11) is 0. The van der Waals surface area contributed by atoms with E-state index in [9.17, 15) is 9.50 Å². The monoisotopic (exact) mass is 336 g/mol. The van der Waals surface area contributed by atoms with Crippen LogP contribution in [0.1, 0.15) is 42.6 Å². The molecule has 1 atom stereocenters. The lowest BCUT2D eigenvalue weighted by Crippen LogP contribution is -2.04. The van der Waals surface area contributed by atoms with E-state index in [1.807, 2.05) is 24.3 Å². The summed E-state index contributed by atoms with van der Waals surface area (Å²) in [6.07, 6.45) is 2.40. The van der Waals surface area contributed by atoms with E-state index in [-0.39, 0.29) is 5.56 Å². The number of halogens is 2. The van der Waals surface area contributed by atoms with E-state index in [0.29, 0.717) is 10.0 Å². The van der Waals surface area contributed by atoms with Crippen LogP contribution in [0.3, 0.4) is 0 Å². The lowest BCUT2D eigenvalue weighted by atomic mass is 9.99. The Kier molecular flexibility index (Phi) is 5.32. The first-order chi connectivity index (χ1) is 9.63. The molecule has 20 heavy (non-hydrogen) atoms. The Labute approximate surface area is 127 Å². The standard InChI is InChI=1S/C17H18BrFO/c1-2-3-5-12-8-10-13(11-9-12)17(20)16-14(18)6-4-7-15(16)19/h4,6-11,17,20H,2-3,5H2,1H3. The average molecular weight is 337 g/mol. The van der Waals surface area contributed by atoms with Crippen molar-refractivity contribution in [2.75, 3.05) is 0 Å². The summed E-state index contributed by atoms with van der Waals surface area (Å²) < 4.78 is 14.4. The molecule has 3 heteroatoms. The van der Waals surface area contributed by atoms with Gasteiger partial charge in [0, 0.05) is 10.0 Å². The molecule has 1 unspecified atom stereocenters. The molecule has 0 saturated carbocycles. The summed E-state index contributed by atoms with van der Waals surface area (Å²) in [6.45, 7) is 2.16. The zero-order valence-electron chi connectivity index (χ0n) is 11.4. The van der Waals surface area contributed by atoms with Gasteiger partial charge in [-0.1, -0.05) is 59.6 Å². The van der Waals surface area contributed by atoms with Crippen molar-refractivity contribution >= 4 is 15.9 Å². The number of unbranched alkanes of at least 4 members (excludes halogenated alkanes) is 1. The van der Waals surface area contributed by atoms with Crippen LogP contribution in [0.4, 0.5) is 4.39 Å². The molecule has 0 spiro atoms. The molecule has 1 nitrogen and oxygen atoms in total. The van der Waals surface area contributed by atoms with Crippen LogP contribution in [0.25, 0.3) is 0 Å². The van der Waals surface area contributed by atoms with Gasteiger partial charge in [0.05, 0.1) is 0 Å². The summed E-state index contributed by atoms with van der Waals surface area (Å²) in [5.74, 6) is -0.401. The first-order valence-corrected chi connectivity index (χ1v) is 7.63. The van der Waals surface area contributed by atoms with E-state index in [1.165, 1.54) is 11.6 Å². The van der Waals surface area contributed by atoms with Crippen LogP contribution >= 0.6 is 15.9 Å². The topological polar surface area (TPSA) is 20.2 Å². The highest BCUT2D eigenvalue weighted by atomic mass is 79.9. The Morgan fingerprint density at radius 1 is 1.15 bits per heavy atom. The number of aliphatic hydroxyl groups is 1. The normalized spacial score (nSPS) is 12.4. The van der Waals surface area contributed by atoms with Gasteiger partial charge in [0.25, 0.3) is 0 Å². The van der Waals surface area contributed by atoms with Gasteiger partial charge in [-0.25, -0.2) is 4.39 Å². The minimum absolute atomic E-state index is 0.286. The zero-order chi connectivity index (χ0) is 14.5. The SMILES string of the molecule is CCCCc1ccc(C(O)c2c(F)cccc2Br)cc1. The quantitative estimate of drug-likeness (QED) is 0.813. The largest absolute Gasteiger partial charge is 0.384 e. The third-order valence-electron chi connectivity index (χ3n) is 3.39. The van der Waals surface area contributed by atoms with Crippen LogP contribution in [0.5, 0.6) is 0 Å². The fraction of sp³-hybridized carbons (Fsp3) is 0.294. The van der Waals surface area contributed by atoms with Crippen LogP contribution in [-0.2, 0) is 6.42 Å². The van der Waals surface area contributed by atoms with Gasteiger partial charge in [-0.2, -0.15) is 0 Å². The molecule has 106 valence electrons. The second kappa shape index (κ2) is 7.00. The molecule has 0 heterocycles. The van der Waals surface area contributed by atoms with Crippen molar-refractivity contribution in [3.63, 3.8) is 0 Å². The summed E-state index contributed by atoms with van der Waals surface area (Å²) in [5, 5.41) is 10.4. The van der Waals surface area contributed by atoms with Gasteiger partial charge in [0.15, 0.2) is 0 Å². The minimum Gasteiger partial charge on any atom is -0.384 e. The molecule has 1 N–H and O–H groups in total. The summed E-state index contributed by atoms with van der Waals surface area (Å²) in [5.41, 5.74) is 2.24. The zero-order valence-corrected chi connectivity index (χ0v) is 13.0. The van der Waals surface area contributed by atoms with E-state index >= 15 is 0 Å². The second-order valence-electron chi connectivity index (χ2n) is 4.88. The predicted octanol–water partition coefficient (Wildman–Crippen LogP) is 5.01. The third kappa shape index (κ3) is 3.47. The molecule has 0 aliphatic carbocycles. The van der Waals surface area contributed by atoms with Crippen LogP contribution in [0, 0.1) is 5.82 Å². The second-order valence-corrected chi connectivity index (χ2v) is 5.74. The summed E-state index contributed by atoms with van der Waals surface area (Å²) >= 11 is 3.29. The molecule has 2 aromatic carbocycles. The maximum atomic E-state index is 13.8. The maximum absolute atomic E-state index is 13.8. The van der Waals surface area contributed by atoms with Gasteiger partial charge in [-0.15, -0.1) is 0 Å². The van der Waals surface area contributed by atoms with Gasteiger partial charge in [0.2, 0.25) is 0 Å². The van der Waals surface area contributed by atoms with Crippen molar-refractivity contribution in [2.24, 2.45) is 0 Å². The fourth-order valence-corrected chi connectivity index (χ4v) is 2.74. The first kappa shape index (κ1) is 15.2. The number of aryl methyl sites for hydroxylation is 1. The van der Waals surface area contributed by atoms with Crippen LogP contribution < -0.4 is 0 Å². The Hall–Kier alpha value is -1.19. The van der Waals surface area contributed by atoms with E-state index in [2.05, 4.69) is 22.9 Å². The van der Waals surface area contributed by atoms with Crippen molar-refractivity contribution < 1.29 is 9.50 Å². The molecule has 0 aliphatic rings. The number of hydrogen-bond donors (Lipinski definition) is 1. The Morgan fingerprint density at radius 2 is 1.85 bits per heavy atom. The molecule has 0 radical (unpaired) electrons. The molecule has 2 rings (SSSR count). The van der Waals surface area contributed by atoms with Gasteiger partial charge in [-0.05, 0) is 36.1 Å². The maximum Gasteiger partial charge on any atom is 0.130 e. The number of aliphatic hydroxyl groups excluding tert-OH is 1. The first-order valence-electron chi connectivity index (χ1n) is 6.84. The van der Waals surface area contributed by atoms with E-state index in [4.69, 9.17) is 0 Å². The lowest BCUT2D eigenvalue weighted by Gasteiger charge is -2.14. The molecular formula is C17H18BrFO. The van der Waals surface area contributed by atoms with Crippen LogP contribution in [0.15, 0.2) is 46.9 Å². The molecule has 0 bridgehead atoms. The molecule has 0 fully saturated rings. The molecule has 2 aromatic rings. The highest BCUT2D eigenvalue weighted by Gasteiger charge is 2.17. The van der Waals surface area contributed by atoms with Crippen molar-refractivity contribution in [1.29, 1.82) is 0 Å². The number of benzene rings is 2. The van der Waals surface area contributed by atoms with Gasteiger partial charge in [0.1, 0.15) is 11.9 Å². The molecule has 0 aliphatic heterocycles. The van der Waals surface area contributed by atoms with Crippen LogP contribution in [-0.4, -0.2) is 5.11 Å². The number of rotatable bonds is 5. The van der Waals surface area contributed by atoms with Crippen molar-refractivity contribution in [3.8, 4) is 0 Å². The van der Waals surface area contributed by atoms with E-state index in [0.717, 1.165) is 19.3 Å². The fourth-order valence-electron chi connectivity index (χ4n) is 2.19. The molecule has 0 saturated heterocycles. The Balaban J connectivity index is 2.23. The average Bonchev–Trinajstić information content (AvgIpc) is 2.45. The van der Waals surface area contributed by atoms with Crippen molar-refractivity contribution in [3.05, 3.63) is 69.4 Å². The van der Waals surface area contributed by atoms with E-state index in [1.54, 1.807) is 12.1 Å². The minimum atomic E-state index is -0.953. The highest BCUT2D eigenvalue weighted by molar-refractivity contribution is 9.10. The Morgan fingerprint density at radius 3 is 2.45 bits per heavy atom. The number of hydrogen-bond acceptors (Lipinski definition) is 1. The van der Waals surface area contributed by atoms with Crippen LogP contribution in [0.2, 0.25) is 0 Å². The van der Waals surface area contributed by atoms with Crippen molar-refractivity contribution in [2.45, 2.75) is 32.3 Å². The van der Waals surface area contributed by atoms with E-state index < -0.39 is 11.9 Å². The molecule has 0 amide bonds. The summed E-state index contributed by atoms with van der Waals surface area (Å²) in [4.78, 5) is 0. The highest BCUT2D eigenvalue weighted by Crippen LogP contribution is 2.30. The van der Waals surface area contributed by atoms with Gasteiger partial charge >= 0.3 is 0 Å². The predicted molar refractivity (Wildman–Crippen MR) is 83.2 cm³/mol. The molecular weight excluding hydrogens is 319 g/mol. The third-order valence-corrected chi connectivity index (χ3v) is 4.08. The lowest BCUT2D eigenvalue weighted by molar-refractivity contribution is 0.214. The van der Waals surface area contributed by atoms with Gasteiger partial charge in [-0.3, -0.25) is 0 Å². The summed E-state index contributed by atoms with van der Waals surface area (Å²) in [6, 6.07) is 12.5. The Bertz CT molecular complexity index is 545. The smallest absolute Gasteiger partial charge is 0.130 e.